The summed E-state index contributed by atoms with van der Waals surface area (Å²) in [5.41, 5.74) is -0.779. The third-order valence-electron chi connectivity index (χ3n) is 7.39. The number of nitrogens with one attached hydrogen (secondary N) is 3. The number of carbonyl (C=O) groups excluding carboxylic acids is 4. The number of rotatable bonds is 12. The lowest BCUT2D eigenvalue weighted by molar-refractivity contribution is -0.132. The van der Waals surface area contributed by atoms with E-state index in [4.69, 9.17) is 9.47 Å². The topological polar surface area (TPSA) is 144 Å². The van der Waals surface area contributed by atoms with Gasteiger partial charge in [-0.2, -0.15) is 0 Å². The minimum Gasteiger partial charge on any atom is -0.444 e. The van der Waals surface area contributed by atoms with Crippen LogP contribution < -0.4 is 16.0 Å². The van der Waals surface area contributed by atoms with Crippen LogP contribution in [0.3, 0.4) is 0 Å². The van der Waals surface area contributed by atoms with Crippen molar-refractivity contribution in [3.05, 3.63) is 84.1 Å². The first-order chi connectivity index (χ1) is 22.2. The predicted molar refractivity (Wildman–Crippen MR) is 173 cm³/mol. The van der Waals surface area contributed by atoms with Crippen molar-refractivity contribution in [3.8, 4) is 0 Å². The molecule has 12 nitrogen and oxygen atoms in total. The molecule has 0 bridgehead atoms. The lowest BCUT2D eigenvalue weighted by atomic mass is 10.0. The van der Waals surface area contributed by atoms with Gasteiger partial charge in [0.15, 0.2) is 5.82 Å². The minimum absolute atomic E-state index is 0.129. The Morgan fingerprint density at radius 1 is 0.957 bits per heavy atom. The van der Waals surface area contributed by atoms with Crippen LogP contribution in [0.1, 0.15) is 64.6 Å². The van der Waals surface area contributed by atoms with E-state index < -0.39 is 46.9 Å². The first kappa shape index (κ1) is 35.1. The third-order valence-corrected chi connectivity index (χ3v) is 7.39. The molecule has 1 saturated heterocycles. The fraction of sp³-hybridized carbons (Fsp3) is 0.441. The van der Waals surface area contributed by atoms with Crippen LogP contribution in [0.25, 0.3) is 0 Å². The second-order valence-electron chi connectivity index (χ2n) is 13.0. The Morgan fingerprint density at radius 3 is 2.26 bits per heavy atom. The molecule has 2 atom stereocenters. The molecule has 13 heteroatoms. The molecule has 0 spiro atoms. The van der Waals surface area contributed by atoms with Crippen molar-refractivity contribution in [1.29, 1.82) is 0 Å². The van der Waals surface area contributed by atoms with Gasteiger partial charge in [0.25, 0.3) is 5.91 Å². The van der Waals surface area contributed by atoms with E-state index in [1.165, 1.54) is 38.5 Å². The number of anilines is 1. The average molecular weight is 651 g/mol. The van der Waals surface area contributed by atoms with Gasteiger partial charge in [0.1, 0.15) is 29.0 Å². The molecule has 252 valence electrons. The molecule has 0 radical (unpaired) electrons. The lowest BCUT2D eigenvalue weighted by Gasteiger charge is -2.29. The van der Waals surface area contributed by atoms with Crippen LogP contribution in [0.2, 0.25) is 0 Å². The number of nitrogens with zero attached hydrogens (tertiary/aromatic N) is 3. The van der Waals surface area contributed by atoms with Gasteiger partial charge in [-0.15, -0.1) is 0 Å². The lowest BCUT2D eigenvalue weighted by Crippen LogP contribution is -2.59. The Morgan fingerprint density at radius 2 is 1.62 bits per heavy atom. The second-order valence-corrected chi connectivity index (χ2v) is 13.0. The minimum atomic E-state index is -1.44. The van der Waals surface area contributed by atoms with Crippen molar-refractivity contribution in [2.45, 2.75) is 77.3 Å². The molecule has 47 heavy (non-hydrogen) atoms. The number of imidazole rings is 1. The number of halogens is 1. The number of likely N-dealkylation sites (tertiary alicyclic amines) is 1. The van der Waals surface area contributed by atoms with Crippen molar-refractivity contribution in [1.82, 2.24) is 25.1 Å². The third kappa shape index (κ3) is 10.1. The number of alkyl carbamates (subject to hydrolysis) is 1. The zero-order chi connectivity index (χ0) is 34.2. The fourth-order valence-corrected chi connectivity index (χ4v) is 4.96. The molecule has 4 amide bonds. The van der Waals surface area contributed by atoms with Crippen LogP contribution in [-0.2, 0) is 30.5 Å². The summed E-state index contributed by atoms with van der Waals surface area (Å²) >= 11 is 0. The Balaban J connectivity index is 1.51. The van der Waals surface area contributed by atoms with Gasteiger partial charge in [0.2, 0.25) is 11.8 Å². The Kier molecular flexibility index (Phi) is 11.3. The average Bonchev–Trinajstić information content (AvgIpc) is 3.70. The summed E-state index contributed by atoms with van der Waals surface area (Å²) in [6, 6.07) is 13.0. The highest BCUT2D eigenvalue weighted by atomic mass is 19.1. The number of ether oxygens (including phenoxy) is 2. The number of hydrogen-bond acceptors (Lipinski definition) is 7. The molecule has 0 saturated carbocycles. The highest BCUT2D eigenvalue weighted by molar-refractivity contribution is 5.98. The monoisotopic (exact) mass is 650 g/mol. The fourth-order valence-electron chi connectivity index (χ4n) is 4.96. The smallest absolute Gasteiger partial charge is 0.408 e. The summed E-state index contributed by atoms with van der Waals surface area (Å²) in [7, 11) is 0. The molecule has 3 N–H and O–H groups in total. The first-order valence-electron chi connectivity index (χ1n) is 15.5. The van der Waals surface area contributed by atoms with Gasteiger partial charge in [-0.05, 0) is 70.7 Å². The second kappa shape index (κ2) is 15.2. The highest BCUT2D eigenvalue weighted by Gasteiger charge is 2.35. The normalized spacial score (nSPS) is 14.6. The van der Waals surface area contributed by atoms with E-state index in [9.17, 15) is 23.6 Å². The van der Waals surface area contributed by atoms with Crippen molar-refractivity contribution < 1.29 is 33.0 Å². The summed E-state index contributed by atoms with van der Waals surface area (Å²) in [4.78, 5) is 58.9. The van der Waals surface area contributed by atoms with Crippen LogP contribution >= 0.6 is 0 Å². The Hall–Kier alpha value is -4.78. The summed E-state index contributed by atoms with van der Waals surface area (Å²) in [5, 5.41) is 7.91. The first-order valence-corrected chi connectivity index (χ1v) is 15.5. The van der Waals surface area contributed by atoms with Gasteiger partial charge < -0.3 is 34.9 Å². The van der Waals surface area contributed by atoms with E-state index in [-0.39, 0.29) is 24.9 Å². The van der Waals surface area contributed by atoms with E-state index in [1.807, 2.05) is 30.3 Å². The van der Waals surface area contributed by atoms with E-state index in [0.29, 0.717) is 18.7 Å². The van der Waals surface area contributed by atoms with Crippen molar-refractivity contribution >= 4 is 29.6 Å². The molecule has 2 heterocycles. The zero-order valence-corrected chi connectivity index (χ0v) is 27.4. The van der Waals surface area contributed by atoms with E-state index >= 15 is 0 Å². The number of benzene rings is 2. The number of hydrogen-bond donors (Lipinski definition) is 3. The van der Waals surface area contributed by atoms with Gasteiger partial charge in [-0.3, -0.25) is 14.4 Å². The van der Waals surface area contributed by atoms with Crippen LogP contribution in [0.15, 0.2) is 67.1 Å². The number of carbonyl (C=O) groups is 4. The molecule has 3 aromatic rings. The van der Waals surface area contributed by atoms with E-state index in [1.54, 1.807) is 42.4 Å². The maximum atomic E-state index is 13.7. The standard InChI is InChI=1S/C34H43FN6O6/c1-33(2,3)47-32(45)39-34(4,5)31(44)37-26(21-46-20-23-11-7-6-8-12-23)29(42)38-27-19-41(22-36-27)28(24-13-15-25(35)16-14-24)30(43)40-17-9-10-18-40/h6-8,11-16,19,22,26,28H,9-10,17-18,20-21H2,1-5H3,(H,37,44)(H,38,42)(H,39,45). The molecule has 1 aliphatic rings. The molecule has 1 aliphatic heterocycles. The van der Waals surface area contributed by atoms with Crippen LogP contribution in [-0.4, -0.2) is 75.1 Å². The van der Waals surface area contributed by atoms with Gasteiger partial charge in [-0.25, -0.2) is 14.2 Å². The van der Waals surface area contributed by atoms with Crippen molar-refractivity contribution in [2.24, 2.45) is 0 Å². The largest absolute Gasteiger partial charge is 0.444 e. The molecule has 2 aromatic carbocycles. The number of aromatic nitrogens is 2. The Bertz CT molecular complexity index is 1530. The van der Waals surface area contributed by atoms with E-state index in [0.717, 1.165) is 18.4 Å². The van der Waals surface area contributed by atoms with Gasteiger partial charge in [-0.1, -0.05) is 42.5 Å². The van der Waals surface area contributed by atoms with Crippen LogP contribution in [0, 0.1) is 5.82 Å². The molecule has 0 aliphatic carbocycles. The molecular formula is C34H43FN6O6. The van der Waals surface area contributed by atoms with Gasteiger partial charge in [0.05, 0.1) is 19.5 Å². The molecule has 2 unspecified atom stereocenters. The predicted octanol–water partition coefficient (Wildman–Crippen LogP) is 4.18. The molecular weight excluding hydrogens is 607 g/mol. The number of amides is 4. The highest BCUT2D eigenvalue weighted by Crippen LogP contribution is 2.25. The molecule has 4 rings (SSSR count). The maximum absolute atomic E-state index is 13.7. The van der Waals surface area contributed by atoms with Crippen LogP contribution in [0.5, 0.6) is 0 Å². The molecule has 1 aromatic heterocycles. The van der Waals surface area contributed by atoms with Gasteiger partial charge in [0, 0.05) is 19.3 Å². The van der Waals surface area contributed by atoms with Crippen molar-refractivity contribution in [2.75, 3.05) is 25.0 Å². The summed E-state index contributed by atoms with van der Waals surface area (Å²) in [6.07, 6.45) is 3.94. The summed E-state index contributed by atoms with van der Waals surface area (Å²) in [6.45, 7) is 9.33. The summed E-state index contributed by atoms with van der Waals surface area (Å²) in [5.74, 6) is -1.74. The molecule has 1 fully saturated rings. The Labute approximate surface area is 274 Å². The van der Waals surface area contributed by atoms with Crippen LogP contribution in [0.4, 0.5) is 15.0 Å². The maximum Gasteiger partial charge on any atom is 0.408 e. The van der Waals surface area contributed by atoms with Crippen molar-refractivity contribution in [3.63, 3.8) is 0 Å². The zero-order valence-electron chi connectivity index (χ0n) is 27.4. The quantitative estimate of drug-likeness (QED) is 0.267. The van der Waals surface area contributed by atoms with E-state index in [2.05, 4.69) is 20.9 Å². The van der Waals surface area contributed by atoms with Gasteiger partial charge >= 0.3 is 6.09 Å². The SMILES string of the molecule is CC(C)(C)OC(=O)NC(C)(C)C(=O)NC(COCc1ccccc1)C(=O)Nc1cn(C(C(=O)N2CCCC2)c2ccc(F)cc2)cn1. The summed E-state index contributed by atoms with van der Waals surface area (Å²) < 4.78 is 26.4.